The van der Waals surface area contributed by atoms with E-state index in [4.69, 9.17) is 14.1 Å². The van der Waals surface area contributed by atoms with Crippen molar-refractivity contribution in [3.8, 4) is 0 Å². The summed E-state index contributed by atoms with van der Waals surface area (Å²) in [6.45, 7) is 5.68. The number of fused-ring (bicyclic) bond motifs is 1. The Morgan fingerprint density at radius 1 is 1.14 bits per heavy atom. The fraction of sp³-hybridized carbons (Fsp3) is 0.368. The van der Waals surface area contributed by atoms with Crippen LogP contribution in [0.2, 0.25) is 0 Å². The number of nitrogens with zero attached hydrogens (tertiary/aromatic N) is 2. The summed E-state index contributed by atoms with van der Waals surface area (Å²) in [5, 5.41) is 11.5. The first-order valence-electron chi connectivity index (χ1n) is 8.79. The highest BCUT2D eigenvalue weighted by Crippen LogP contribution is 2.41. The molecule has 3 rings (SSSR count). The maximum atomic E-state index is 12.9. The third kappa shape index (κ3) is 3.66. The van der Waals surface area contributed by atoms with Gasteiger partial charge < -0.3 is 14.8 Å². The van der Waals surface area contributed by atoms with Crippen LogP contribution in [-0.2, 0) is 19.1 Å². The molecule has 1 aliphatic rings. The van der Waals surface area contributed by atoms with Crippen LogP contribution in [0.5, 0.6) is 0 Å². The number of alkyl halides is 1. The smallest absolute Gasteiger partial charge is 0.336 e. The average molecular weight is 450 g/mol. The van der Waals surface area contributed by atoms with Crippen molar-refractivity contribution in [2.75, 3.05) is 18.5 Å². The van der Waals surface area contributed by atoms with Gasteiger partial charge in [0.1, 0.15) is 17.6 Å². The van der Waals surface area contributed by atoms with Crippen LogP contribution in [0.15, 0.2) is 45.4 Å². The third-order valence-electron chi connectivity index (χ3n) is 4.41. The topological polar surface area (TPSA) is 104 Å². The Labute approximate surface area is 170 Å². The first-order chi connectivity index (χ1) is 13.5. The number of aromatic nitrogens is 2. The molecule has 0 saturated carbocycles. The van der Waals surface area contributed by atoms with Crippen LogP contribution in [0.3, 0.4) is 0 Å². The summed E-state index contributed by atoms with van der Waals surface area (Å²) in [4.78, 5) is 25.7. The first kappa shape index (κ1) is 20.1. The lowest BCUT2D eigenvalue weighted by molar-refractivity contribution is -0.139. The normalized spacial score (nSPS) is 16.9. The van der Waals surface area contributed by atoms with Crippen molar-refractivity contribution in [2.24, 2.45) is 0 Å². The minimum atomic E-state index is -0.723. The number of carbonyl (C=O) groups excluding carboxylic acids is 2. The summed E-state index contributed by atoms with van der Waals surface area (Å²) in [7, 11) is 0. The molecule has 9 heteroatoms. The van der Waals surface area contributed by atoms with E-state index in [-0.39, 0.29) is 13.2 Å². The van der Waals surface area contributed by atoms with Gasteiger partial charge in [0.25, 0.3) is 0 Å². The minimum Gasteiger partial charge on any atom is -0.463 e. The van der Waals surface area contributed by atoms with Gasteiger partial charge in [-0.1, -0.05) is 28.1 Å². The van der Waals surface area contributed by atoms with E-state index in [1.807, 2.05) is 0 Å². The average Bonchev–Trinajstić information content (AvgIpc) is 3.14. The molecule has 0 bridgehead atoms. The van der Waals surface area contributed by atoms with Gasteiger partial charge in [-0.2, -0.15) is 0 Å². The number of benzene rings is 1. The van der Waals surface area contributed by atoms with Gasteiger partial charge in [-0.15, -0.1) is 0 Å². The van der Waals surface area contributed by atoms with Gasteiger partial charge in [0.05, 0.1) is 23.7 Å². The third-order valence-corrected chi connectivity index (χ3v) is 4.74. The molecule has 0 amide bonds. The summed E-state index contributed by atoms with van der Waals surface area (Å²) in [5.74, 6) is -1.75. The summed E-state index contributed by atoms with van der Waals surface area (Å²) in [5.41, 5.74) is 3.48. The number of dihydropyridines is 1. The lowest BCUT2D eigenvalue weighted by Crippen LogP contribution is -2.32. The number of esters is 2. The fourth-order valence-electron chi connectivity index (χ4n) is 3.32. The molecule has 2 aromatic rings. The molecule has 28 heavy (non-hydrogen) atoms. The summed E-state index contributed by atoms with van der Waals surface area (Å²) in [6.07, 6.45) is 0. The maximum Gasteiger partial charge on any atom is 0.336 e. The van der Waals surface area contributed by atoms with Crippen molar-refractivity contribution in [3.63, 3.8) is 0 Å². The Morgan fingerprint density at radius 2 is 1.82 bits per heavy atom. The van der Waals surface area contributed by atoms with Crippen LogP contribution in [-0.4, -0.2) is 40.8 Å². The molecule has 1 aliphatic heterocycles. The van der Waals surface area contributed by atoms with Crippen molar-refractivity contribution in [1.29, 1.82) is 0 Å². The first-order valence-corrected chi connectivity index (χ1v) is 9.91. The number of nitrogens with one attached hydrogen (secondary N) is 1. The van der Waals surface area contributed by atoms with Crippen molar-refractivity contribution in [3.05, 3.63) is 46.3 Å². The Kier molecular flexibility index (Phi) is 6.13. The molecule has 0 radical (unpaired) electrons. The number of allylic oxidation sites excluding steroid dienone is 2. The zero-order valence-corrected chi connectivity index (χ0v) is 17.3. The zero-order valence-electron chi connectivity index (χ0n) is 15.7. The molecule has 1 aromatic heterocycles. The van der Waals surface area contributed by atoms with Gasteiger partial charge in [-0.05, 0) is 42.7 Å². The van der Waals surface area contributed by atoms with Crippen LogP contribution in [0.1, 0.15) is 32.3 Å². The monoisotopic (exact) mass is 449 g/mol. The minimum absolute atomic E-state index is 0.204. The van der Waals surface area contributed by atoms with E-state index < -0.39 is 17.9 Å². The molecule has 1 N–H and O–H groups in total. The maximum absolute atomic E-state index is 12.9. The van der Waals surface area contributed by atoms with E-state index in [9.17, 15) is 9.59 Å². The van der Waals surface area contributed by atoms with Gasteiger partial charge >= 0.3 is 11.9 Å². The van der Waals surface area contributed by atoms with E-state index in [2.05, 4.69) is 31.6 Å². The Morgan fingerprint density at radius 3 is 2.46 bits per heavy atom. The largest absolute Gasteiger partial charge is 0.463 e. The van der Waals surface area contributed by atoms with Crippen LogP contribution >= 0.6 is 15.9 Å². The van der Waals surface area contributed by atoms with Crippen LogP contribution < -0.4 is 5.32 Å². The molecule has 1 aromatic carbocycles. The van der Waals surface area contributed by atoms with Crippen molar-refractivity contribution in [1.82, 2.24) is 15.6 Å². The van der Waals surface area contributed by atoms with Gasteiger partial charge in [-0.3, -0.25) is 0 Å². The van der Waals surface area contributed by atoms with E-state index >= 15 is 0 Å². The van der Waals surface area contributed by atoms with Crippen LogP contribution in [0, 0.1) is 0 Å². The second kappa shape index (κ2) is 8.55. The molecule has 0 spiro atoms. The van der Waals surface area contributed by atoms with Gasteiger partial charge in [0.15, 0.2) is 0 Å². The van der Waals surface area contributed by atoms with Gasteiger partial charge in [-0.25, -0.2) is 14.2 Å². The van der Waals surface area contributed by atoms with E-state index in [0.29, 0.717) is 44.5 Å². The molecule has 8 nitrogen and oxygen atoms in total. The molecular formula is C19H20BrN3O5. The number of hydrogen-bond acceptors (Lipinski definition) is 8. The number of halogens is 1. The summed E-state index contributed by atoms with van der Waals surface area (Å²) in [6, 6.07) is 5.31. The highest BCUT2D eigenvalue weighted by Gasteiger charge is 2.39. The number of rotatable bonds is 6. The molecule has 1 atom stereocenters. The predicted octanol–water partition coefficient (Wildman–Crippen LogP) is 2.96. The van der Waals surface area contributed by atoms with Gasteiger partial charge in [0, 0.05) is 16.7 Å². The highest BCUT2D eigenvalue weighted by atomic mass is 79.9. The van der Waals surface area contributed by atoms with Crippen LogP contribution in [0.4, 0.5) is 0 Å². The van der Waals surface area contributed by atoms with Crippen LogP contribution in [0.25, 0.3) is 11.0 Å². The Hall–Kier alpha value is -2.68. The molecule has 0 saturated heterocycles. The Balaban J connectivity index is 2.21. The van der Waals surface area contributed by atoms with E-state index in [0.717, 1.165) is 0 Å². The van der Waals surface area contributed by atoms with Gasteiger partial charge in [0.2, 0.25) is 0 Å². The van der Waals surface area contributed by atoms with E-state index in [1.54, 1.807) is 39.0 Å². The second-order valence-corrected chi connectivity index (χ2v) is 6.95. The lowest BCUT2D eigenvalue weighted by Gasteiger charge is -2.30. The molecule has 0 aliphatic carbocycles. The summed E-state index contributed by atoms with van der Waals surface area (Å²) < 4.78 is 15.5. The van der Waals surface area contributed by atoms with Crippen molar-refractivity contribution >= 4 is 38.9 Å². The quantitative estimate of drug-likeness (QED) is 0.530. The highest BCUT2D eigenvalue weighted by molar-refractivity contribution is 9.09. The molecule has 1 unspecified atom stereocenters. The van der Waals surface area contributed by atoms with E-state index in [1.165, 1.54) is 0 Å². The number of hydrogen-bond donors (Lipinski definition) is 1. The molecular weight excluding hydrogens is 430 g/mol. The lowest BCUT2D eigenvalue weighted by atomic mass is 9.80. The van der Waals surface area contributed by atoms with Crippen molar-refractivity contribution < 1.29 is 23.7 Å². The van der Waals surface area contributed by atoms with Crippen molar-refractivity contribution in [2.45, 2.75) is 26.7 Å². The standard InChI is InChI=1S/C19H20BrN3O5/c1-4-26-18(24)14-10(2)21-11(3)15(19(25)27-9-8-20)16(14)12-6-5-7-13-17(12)23-28-22-13/h5-7,16,21H,4,8-9H2,1-3H3. The second-order valence-electron chi connectivity index (χ2n) is 6.16. The Bertz CT molecular complexity index is 979. The molecule has 0 fully saturated rings. The fourth-order valence-corrected chi connectivity index (χ4v) is 3.49. The number of ether oxygens (including phenoxy) is 2. The molecule has 2 heterocycles. The zero-order chi connectivity index (χ0) is 20.3. The summed E-state index contributed by atoms with van der Waals surface area (Å²) >= 11 is 3.25. The SMILES string of the molecule is CCOC(=O)C1=C(C)NC(C)=C(C(=O)OCCBr)C1c1cccc2nonc12. The number of carbonyl (C=O) groups is 2. The predicted molar refractivity (Wildman–Crippen MR) is 104 cm³/mol. The molecule has 148 valence electrons.